The maximum Gasteiger partial charge on any atom is 0.222 e. The number of aromatic nitrogens is 1. The van der Waals surface area contributed by atoms with Crippen LogP contribution in [0.4, 0.5) is 0 Å². The predicted octanol–water partition coefficient (Wildman–Crippen LogP) is 2.11. The number of hydrogen-bond acceptors (Lipinski definition) is 4. The summed E-state index contributed by atoms with van der Waals surface area (Å²) in [6.07, 6.45) is 8.35. The van der Waals surface area contributed by atoms with Crippen molar-refractivity contribution in [1.29, 1.82) is 0 Å². The minimum atomic E-state index is 0.211. The fourth-order valence-electron chi connectivity index (χ4n) is 2.88. The zero-order chi connectivity index (χ0) is 15.9. The van der Waals surface area contributed by atoms with E-state index in [1.807, 2.05) is 18.7 Å². The molecule has 22 heavy (non-hydrogen) atoms. The smallest absolute Gasteiger partial charge is 0.222 e. The predicted molar refractivity (Wildman–Crippen MR) is 83.3 cm³/mol. The Balaban J connectivity index is 1.72. The Bertz CT molecular complexity index is 517. The lowest BCUT2D eigenvalue weighted by molar-refractivity contribution is -0.132. The van der Waals surface area contributed by atoms with Gasteiger partial charge in [0.05, 0.1) is 12.3 Å². The van der Waals surface area contributed by atoms with Crippen molar-refractivity contribution in [3.8, 4) is 12.3 Å². The number of rotatable bonds is 6. The van der Waals surface area contributed by atoms with E-state index in [0.29, 0.717) is 32.0 Å². The molecule has 0 unspecified atom stereocenters. The Morgan fingerprint density at radius 3 is 2.77 bits per heavy atom. The van der Waals surface area contributed by atoms with Gasteiger partial charge in [0.2, 0.25) is 5.91 Å². The lowest BCUT2D eigenvalue weighted by atomic mass is 9.97. The average Bonchev–Trinajstić information content (AvgIpc) is 2.84. The molecule has 120 valence electrons. The SMILES string of the molecule is C#CCOCC1CCN(C(=O)CCc2c(C)noc2C)CC1. The van der Waals surface area contributed by atoms with Gasteiger partial charge >= 0.3 is 0 Å². The molecule has 1 fully saturated rings. The Hall–Kier alpha value is -1.80. The van der Waals surface area contributed by atoms with Crippen molar-refractivity contribution >= 4 is 5.91 Å². The Labute approximate surface area is 132 Å². The maximum atomic E-state index is 12.3. The molecule has 0 bridgehead atoms. The van der Waals surface area contributed by atoms with Crippen LogP contribution in [0.25, 0.3) is 0 Å². The van der Waals surface area contributed by atoms with Gasteiger partial charge in [0.15, 0.2) is 0 Å². The van der Waals surface area contributed by atoms with Crippen LogP contribution in [0.3, 0.4) is 0 Å². The van der Waals surface area contributed by atoms with Gasteiger partial charge in [0, 0.05) is 25.1 Å². The number of ether oxygens (including phenoxy) is 1. The number of carbonyl (C=O) groups is 1. The zero-order valence-electron chi connectivity index (χ0n) is 13.4. The Morgan fingerprint density at radius 2 is 2.18 bits per heavy atom. The zero-order valence-corrected chi connectivity index (χ0v) is 13.4. The van der Waals surface area contributed by atoms with Crippen molar-refractivity contribution in [2.45, 2.75) is 39.5 Å². The van der Waals surface area contributed by atoms with Crippen LogP contribution in [0.15, 0.2) is 4.52 Å². The number of aryl methyl sites for hydroxylation is 2. The molecule has 1 amide bonds. The summed E-state index contributed by atoms with van der Waals surface area (Å²) in [5.41, 5.74) is 1.94. The molecule has 0 spiro atoms. The minimum absolute atomic E-state index is 0.211. The molecule has 1 aliphatic heterocycles. The second kappa shape index (κ2) is 8.00. The van der Waals surface area contributed by atoms with E-state index in [1.165, 1.54) is 0 Å². The van der Waals surface area contributed by atoms with Crippen molar-refractivity contribution in [3.63, 3.8) is 0 Å². The highest BCUT2D eigenvalue weighted by Crippen LogP contribution is 2.20. The molecular weight excluding hydrogens is 280 g/mol. The molecule has 0 aromatic carbocycles. The molecule has 2 rings (SSSR count). The van der Waals surface area contributed by atoms with Crippen molar-refractivity contribution in [2.75, 3.05) is 26.3 Å². The first-order valence-corrected chi connectivity index (χ1v) is 7.82. The molecule has 2 heterocycles. The number of carbonyl (C=O) groups excluding carboxylic acids is 1. The van der Waals surface area contributed by atoms with Gasteiger partial charge in [-0.15, -0.1) is 6.42 Å². The molecule has 1 saturated heterocycles. The summed E-state index contributed by atoms with van der Waals surface area (Å²) in [5, 5.41) is 3.92. The normalized spacial score (nSPS) is 15.8. The van der Waals surface area contributed by atoms with Crippen LogP contribution in [0.1, 0.15) is 36.3 Å². The van der Waals surface area contributed by atoms with Crippen molar-refractivity contribution in [3.05, 3.63) is 17.0 Å². The fraction of sp³-hybridized carbons (Fsp3) is 0.647. The summed E-state index contributed by atoms with van der Waals surface area (Å²) in [5.74, 6) is 4.01. The standard InChI is InChI=1S/C17H24N2O3/c1-4-11-21-12-15-7-9-19(10-8-15)17(20)6-5-16-13(2)18-22-14(16)3/h1,15H,5-12H2,2-3H3. The van der Waals surface area contributed by atoms with Gasteiger partial charge in [0.1, 0.15) is 12.4 Å². The van der Waals surface area contributed by atoms with E-state index in [9.17, 15) is 4.79 Å². The summed E-state index contributed by atoms with van der Waals surface area (Å²) in [4.78, 5) is 14.3. The Morgan fingerprint density at radius 1 is 1.45 bits per heavy atom. The van der Waals surface area contributed by atoms with Crippen LogP contribution in [-0.2, 0) is 16.0 Å². The van der Waals surface area contributed by atoms with Crippen LogP contribution >= 0.6 is 0 Å². The van der Waals surface area contributed by atoms with Gasteiger partial charge in [-0.1, -0.05) is 11.1 Å². The third-order valence-corrected chi connectivity index (χ3v) is 4.28. The summed E-state index contributed by atoms with van der Waals surface area (Å²) in [6, 6.07) is 0. The van der Waals surface area contributed by atoms with Crippen molar-refractivity contribution in [2.24, 2.45) is 5.92 Å². The highest BCUT2D eigenvalue weighted by molar-refractivity contribution is 5.76. The first-order valence-electron chi connectivity index (χ1n) is 7.82. The van der Waals surface area contributed by atoms with Gasteiger partial charge in [-0.05, 0) is 39.0 Å². The van der Waals surface area contributed by atoms with Gasteiger partial charge in [-0.25, -0.2) is 0 Å². The molecule has 0 radical (unpaired) electrons. The van der Waals surface area contributed by atoms with Gasteiger partial charge < -0.3 is 14.2 Å². The lowest BCUT2D eigenvalue weighted by Gasteiger charge is -2.31. The molecule has 1 aromatic rings. The summed E-state index contributed by atoms with van der Waals surface area (Å²) in [7, 11) is 0. The van der Waals surface area contributed by atoms with Gasteiger partial charge in [0.25, 0.3) is 0 Å². The van der Waals surface area contributed by atoms with E-state index in [-0.39, 0.29) is 5.91 Å². The highest BCUT2D eigenvalue weighted by Gasteiger charge is 2.23. The Kier molecular flexibility index (Phi) is 6.02. The minimum Gasteiger partial charge on any atom is -0.369 e. The third kappa shape index (κ3) is 4.35. The highest BCUT2D eigenvalue weighted by atomic mass is 16.5. The topological polar surface area (TPSA) is 55.6 Å². The molecule has 0 N–H and O–H groups in total. The summed E-state index contributed by atoms with van der Waals surface area (Å²) in [6.45, 7) is 6.50. The lowest BCUT2D eigenvalue weighted by Crippen LogP contribution is -2.39. The third-order valence-electron chi connectivity index (χ3n) is 4.28. The van der Waals surface area contributed by atoms with E-state index >= 15 is 0 Å². The molecule has 0 aliphatic carbocycles. The molecule has 1 aromatic heterocycles. The van der Waals surface area contributed by atoms with E-state index in [1.54, 1.807) is 0 Å². The monoisotopic (exact) mass is 304 g/mol. The number of likely N-dealkylation sites (tertiary alicyclic amines) is 1. The first kappa shape index (κ1) is 16.6. The van der Waals surface area contributed by atoms with Crippen LogP contribution in [-0.4, -0.2) is 42.3 Å². The van der Waals surface area contributed by atoms with Crippen LogP contribution < -0.4 is 0 Å². The first-order chi connectivity index (χ1) is 10.6. The molecule has 1 aliphatic rings. The van der Waals surface area contributed by atoms with E-state index in [0.717, 1.165) is 42.9 Å². The molecule has 0 saturated carbocycles. The molecule has 0 atom stereocenters. The number of nitrogens with zero attached hydrogens (tertiary/aromatic N) is 2. The fourth-order valence-corrected chi connectivity index (χ4v) is 2.88. The van der Waals surface area contributed by atoms with Gasteiger partial charge in [-0.2, -0.15) is 0 Å². The molecular formula is C17H24N2O3. The van der Waals surface area contributed by atoms with Crippen molar-refractivity contribution in [1.82, 2.24) is 10.1 Å². The number of hydrogen-bond donors (Lipinski definition) is 0. The maximum absolute atomic E-state index is 12.3. The van der Waals surface area contributed by atoms with E-state index in [4.69, 9.17) is 15.7 Å². The largest absolute Gasteiger partial charge is 0.369 e. The van der Waals surface area contributed by atoms with Crippen molar-refractivity contribution < 1.29 is 14.1 Å². The second-order valence-corrected chi connectivity index (χ2v) is 5.85. The summed E-state index contributed by atoms with van der Waals surface area (Å²) < 4.78 is 10.5. The van der Waals surface area contributed by atoms with Crippen LogP contribution in [0.5, 0.6) is 0 Å². The average molecular weight is 304 g/mol. The molecule has 5 nitrogen and oxygen atoms in total. The number of terminal acetylenes is 1. The van der Waals surface area contributed by atoms with Crippen LogP contribution in [0.2, 0.25) is 0 Å². The van der Waals surface area contributed by atoms with Crippen LogP contribution in [0, 0.1) is 32.1 Å². The van der Waals surface area contributed by atoms with E-state index in [2.05, 4.69) is 11.1 Å². The number of amides is 1. The number of piperidine rings is 1. The second-order valence-electron chi connectivity index (χ2n) is 5.85. The van der Waals surface area contributed by atoms with E-state index < -0.39 is 0 Å². The quantitative estimate of drug-likeness (QED) is 0.596. The van der Waals surface area contributed by atoms with Gasteiger partial charge in [-0.3, -0.25) is 4.79 Å². The summed E-state index contributed by atoms with van der Waals surface area (Å²) >= 11 is 0. The molecule has 5 heteroatoms.